The molecule has 0 aromatic heterocycles. The second-order valence-electron chi connectivity index (χ2n) is 3.56. The Morgan fingerprint density at radius 3 is 2.61 bits per heavy atom. The Morgan fingerprint density at radius 1 is 1.44 bits per heavy atom. The first-order valence-electron chi connectivity index (χ1n) is 5.19. The van der Waals surface area contributed by atoms with E-state index in [1.165, 1.54) is 19.2 Å². The molecule has 0 saturated heterocycles. The number of alkyl halides is 1. The fourth-order valence-corrected chi connectivity index (χ4v) is 1.84. The van der Waals surface area contributed by atoms with Gasteiger partial charge in [-0.3, -0.25) is 4.79 Å². The number of halogens is 1. The summed E-state index contributed by atoms with van der Waals surface area (Å²) in [5.41, 5.74) is 0.427. The summed E-state index contributed by atoms with van der Waals surface area (Å²) in [6, 6.07) is 4.37. The van der Waals surface area contributed by atoms with Crippen molar-refractivity contribution in [1.82, 2.24) is 0 Å². The second-order valence-corrected chi connectivity index (χ2v) is 4.35. The molecule has 1 aromatic carbocycles. The molecule has 2 N–H and O–H groups in total. The number of carboxylic acid groups (broad SMARTS) is 1. The van der Waals surface area contributed by atoms with E-state index >= 15 is 0 Å². The number of aliphatic hydroxyl groups is 1. The summed E-state index contributed by atoms with van der Waals surface area (Å²) in [6.07, 6.45) is -1.41. The van der Waals surface area contributed by atoms with Crippen LogP contribution in [0.25, 0.3) is 0 Å². The predicted molar refractivity (Wildman–Crippen MR) is 68.3 cm³/mol. The van der Waals surface area contributed by atoms with Crippen molar-refractivity contribution in [3.8, 4) is 5.75 Å². The number of methoxy groups -OCH3 is 1. The van der Waals surface area contributed by atoms with E-state index in [0.29, 0.717) is 17.3 Å². The minimum atomic E-state index is -1.71. The molecule has 1 rings (SSSR count). The normalized spacial score (nSPS) is 11.9. The molecular formula is C12H13BrO5. The van der Waals surface area contributed by atoms with Crippen LogP contribution in [0.4, 0.5) is 0 Å². The van der Waals surface area contributed by atoms with Crippen molar-refractivity contribution in [3.05, 3.63) is 29.3 Å². The second kappa shape index (κ2) is 6.51. The van der Waals surface area contributed by atoms with Gasteiger partial charge in [0.2, 0.25) is 0 Å². The zero-order chi connectivity index (χ0) is 13.7. The molecule has 1 atom stereocenters. The van der Waals surface area contributed by atoms with Gasteiger partial charge in [0.15, 0.2) is 11.9 Å². The number of rotatable bonds is 6. The minimum Gasteiger partial charge on any atom is -0.496 e. The number of benzene rings is 1. The van der Waals surface area contributed by atoms with E-state index in [0.717, 1.165) is 0 Å². The van der Waals surface area contributed by atoms with Crippen molar-refractivity contribution in [3.63, 3.8) is 0 Å². The lowest BCUT2D eigenvalue weighted by molar-refractivity contribution is -0.147. The van der Waals surface area contributed by atoms with Crippen LogP contribution in [0.3, 0.4) is 0 Å². The van der Waals surface area contributed by atoms with Crippen LogP contribution in [-0.4, -0.2) is 34.4 Å². The van der Waals surface area contributed by atoms with E-state index in [1.807, 2.05) is 0 Å². The van der Waals surface area contributed by atoms with Gasteiger partial charge in [0.25, 0.3) is 0 Å². The molecule has 0 heterocycles. The molecule has 0 spiro atoms. The lowest BCUT2D eigenvalue weighted by Crippen LogP contribution is -2.13. The van der Waals surface area contributed by atoms with Gasteiger partial charge in [-0.05, 0) is 18.2 Å². The molecule has 0 radical (unpaired) electrons. The van der Waals surface area contributed by atoms with Gasteiger partial charge in [-0.2, -0.15) is 0 Å². The molecule has 0 aliphatic heterocycles. The average molecular weight is 317 g/mol. The smallest absolute Gasteiger partial charge is 0.337 e. The summed E-state index contributed by atoms with van der Waals surface area (Å²) in [6.45, 7) is 0. The highest BCUT2D eigenvalue weighted by atomic mass is 79.9. The fourth-order valence-electron chi connectivity index (χ4n) is 1.48. The highest BCUT2D eigenvalue weighted by Crippen LogP contribution is 2.27. The van der Waals surface area contributed by atoms with Crippen LogP contribution in [0.15, 0.2) is 18.2 Å². The van der Waals surface area contributed by atoms with Crippen LogP contribution < -0.4 is 4.74 Å². The van der Waals surface area contributed by atoms with Crippen molar-refractivity contribution in [2.75, 3.05) is 12.4 Å². The van der Waals surface area contributed by atoms with Crippen LogP contribution in [0.2, 0.25) is 0 Å². The number of aliphatic hydroxyl groups excluding tert-OH is 1. The molecule has 0 fully saturated rings. The van der Waals surface area contributed by atoms with Gasteiger partial charge >= 0.3 is 5.97 Å². The SMILES string of the molecule is COc1ccc(C(=O)CCBr)cc1C(O)C(=O)O. The number of hydrogen-bond donors (Lipinski definition) is 2. The molecule has 5 nitrogen and oxygen atoms in total. The van der Waals surface area contributed by atoms with E-state index < -0.39 is 12.1 Å². The number of ketones is 1. The number of carbonyl (C=O) groups is 2. The summed E-state index contributed by atoms with van der Waals surface area (Å²) in [5, 5.41) is 18.9. The maximum atomic E-state index is 11.7. The van der Waals surface area contributed by atoms with Gasteiger partial charge in [-0.15, -0.1) is 0 Å². The third-order valence-electron chi connectivity index (χ3n) is 2.40. The number of ether oxygens (including phenoxy) is 1. The molecule has 6 heteroatoms. The third kappa shape index (κ3) is 3.30. The predicted octanol–water partition coefficient (Wildman–Crippen LogP) is 1.78. The zero-order valence-electron chi connectivity index (χ0n) is 9.72. The van der Waals surface area contributed by atoms with Gasteiger partial charge in [-0.1, -0.05) is 15.9 Å². The van der Waals surface area contributed by atoms with E-state index in [2.05, 4.69) is 15.9 Å². The van der Waals surface area contributed by atoms with Crippen molar-refractivity contribution in [2.45, 2.75) is 12.5 Å². The molecule has 1 unspecified atom stereocenters. The molecule has 0 saturated carbocycles. The van der Waals surface area contributed by atoms with Crippen molar-refractivity contribution in [1.29, 1.82) is 0 Å². The molecule has 1 aromatic rings. The highest BCUT2D eigenvalue weighted by molar-refractivity contribution is 9.09. The first-order valence-corrected chi connectivity index (χ1v) is 6.31. The topological polar surface area (TPSA) is 83.8 Å². The number of carbonyl (C=O) groups excluding carboxylic acids is 1. The summed E-state index contributed by atoms with van der Waals surface area (Å²) < 4.78 is 4.97. The Hall–Kier alpha value is -1.40. The molecule has 98 valence electrons. The van der Waals surface area contributed by atoms with Crippen LogP contribution >= 0.6 is 15.9 Å². The fraction of sp³-hybridized carbons (Fsp3) is 0.333. The Balaban J connectivity index is 3.17. The standard InChI is InChI=1S/C12H13BrO5/c1-18-10-3-2-7(9(14)4-5-13)6-8(10)11(15)12(16)17/h2-3,6,11,15H,4-5H2,1H3,(H,16,17). The van der Waals surface area contributed by atoms with E-state index in [9.17, 15) is 14.7 Å². The number of aliphatic carboxylic acids is 1. The molecule has 0 aliphatic rings. The Morgan fingerprint density at radius 2 is 2.11 bits per heavy atom. The summed E-state index contributed by atoms with van der Waals surface area (Å²) >= 11 is 3.16. The lowest BCUT2D eigenvalue weighted by atomic mass is 10.0. The number of Topliss-reactive ketones (excluding diaryl/α,β-unsaturated/α-hetero) is 1. The van der Waals surface area contributed by atoms with E-state index in [4.69, 9.17) is 9.84 Å². The van der Waals surface area contributed by atoms with Crippen LogP contribution in [0.1, 0.15) is 28.4 Å². The summed E-state index contributed by atoms with van der Waals surface area (Å²) in [4.78, 5) is 22.5. The first-order chi connectivity index (χ1) is 8.51. The molecule has 0 aliphatic carbocycles. The van der Waals surface area contributed by atoms with Crippen molar-refractivity contribution >= 4 is 27.7 Å². The monoisotopic (exact) mass is 316 g/mol. The van der Waals surface area contributed by atoms with Crippen LogP contribution in [-0.2, 0) is 4.79 Å². The lowest BCUT2D eigenvalue weighted by Gasteiger charge is -2.12. The maximum Gasteiger partial charge on any atom is 0.337 e. The molecule has 0 bridgehead atoms. The maximum absolute atomic E-state index is 11.7. The third-order valence-corrected chi connectivity index (χ3v) is 2.80. The van der Waals surface area contributed by atoms with Gasteiger partial charge in [0, 0.05) is 22.9 Å². The van der Waals surface area contributed by atoms with Crippen LogP contribution in [0, 0.1) is 0 Å². The van der Waals surface area contributed by atoms with E-state index in [-0.39, 0.29) is 17.1 Å². The largest absolute Gasteiger partial charge is 0.496 e. The van der Waals surface area contributed by atoms with Gasteiger partial charge in [0.1, 0.15) is 5.75 Å². The van der Waals surface area contributed by atoms with Gasteiger partial charge in [0.05, 0.1) is 7.11 Å². The van der Waals surface area contributed by atoms with E-state index in [1.54, 1.807) is 6.07 Å². The molecular weight excluding hydrogens is 304 g/mol. The summed E-state index contributed by atoms with van der Waals surface area (Å²) in [7, 11) is 1.37. The van der Waals surface area contributed by atoms with Crippen molar-refractivity contribution < 1.29 is 24.5 Å². The molecule has 18 heavy (non-hydrogen) atoms. The average Bonchev–Trinajstić information content (AvgIpc) is 2.37. The van der Waals surface area contributed by atoms with Crippen LogP contribution in [0.5, 0.6) is 5.75 Å². The van der Waals surface area contributed by atoms with Gasteiger partial charge in [-0.25, -0.2) is 4.79 Å². The Bertz CT molecular complexity index is 458. The Kier molecular flexibility index (Phi) is 5.30. The molecule has 0 amide bonds. The number of carboxylic acids is 1. The minimum absolute atomic E-state index is 0.0745. The number of hydrogen-bond acceptors (Lipinski definition) is 4. The first kappa shape index (κ1) is 14.7. The zero-order valence-corrected chi connectivity index (χ0v) is 11.3. The quantitative estimate of drug-likeness (QED) is 0.617. The van der Waals surface area contributed by atoms with Gasteiger partial charge < -0.3 is 14.9 Å². The Labute approximate surface area is 113 Å². The van der Waals surface area contributed by atoms with Crippen molar-refractivity contribution in [2.24, 2.45) is 0 Å². The summed E-state index contributed by atoms with van der Waals surface area (Å²) in [5.74, 6) is -1.29. The highest BCUT2D eigenvalue weighted by Gasteiger charge is 2.21.